The van der Waals surface area contributed by atoms with Crippen molar-refractivity contribution >= 4 is 16.1 Å². The number of hydrogen-bond donors (Lipinski definition) is 2. The highest BCUT2D eigenvalue weighted by atomic mass is 32.2. The molecule has 3 aliphatic rings. The van der Waals surface area contributed by atoms with E-state index < -0.39 is 10.2 Å². The van der Waals surface area contributed by atoms with E-state index in [2.05, 4.69) is 15.8 Å². The van der Waals surface area contributed by atoms with Crippen LogP contribution >= 0.6 is 0 Å². The van der Waals surface area contributed by atoms with Crippen LogP contribution in [0.3, 0.4) is 0 Å². The molecule has 2 aliphatic heterocycles. The van der Waals surface area contributed by atoms with Gasteiger partial charge in [-0.25, -0.2) is 0 Å². The predicted octanol–water partition coefficient (Wildman–Crippen LogP) is 0.673. The van der Waals surface area contributed by atoms with Crippen LogP contribution in [-0.2, 0) is 10.2 Å². The Morgan fingerprint density at radius 2 is 2.07 bits per heavy atom. The summed E-state index contributed by atoms with van der Waals surface area (Å²) in [5.74, 6) is 0.944. The first-order chi connectivity index (χ1) is 13.3. The molecule has 1 aromatic rings. The number of rotatable bonds is 5. The molecule has 2 N–H and O–H groups in total. The number of aromatic nitrogens is 1. The van der Waals surface area contributed by atoms with Crippen molar-refractivity contribution in [3.63, 3.8) is 0 Å². The molecule has 1 amide bonds. The minimum atomic E-state index is -3.48. The molecule has 4 rings (SSSR count). The van der Waals surface area contributed by atoms with Gasteiger partial charge < -0.3 is 15.2 Å². The van der Waals surface area contributed by atoms with Crippen LogP contribution in [0.25, 0.3) is 0 Å². The van der Waals surface area contributed by atoms with E-state index in [1.807, 2.05) is 13.8 Å². The molecule has 0 radical (unpaired) electrons. The second-order valence-electron chi connectivity index (χ2n) is 8.26. The Hall–Kier alpha value is -1.49. The van der Waals surface area contributed by atoms with Gasteiger partial charge in [0.2, 0.25) is 0 Å². The lowest BCUT2D eigenvalue weighted by atomic mass is 10.0. The Bertz CT molecular complexity index is 822. The van der Waals surface area contributed by atoms with Crippen molar-refractivity contribution in [2.75, 3.05) is 26.2 Å². The third-order valence-corrected chi connectivity index (χ3v) is 7.96. The molecule has 10 heteroatoms. The van der Waals surface area contributed by atoms with E-state index in [1.165, 1.54) is 0 Å². The summed E-state index contributed by atoms with van der Waals surface area (Å²) in [6.45, 7) is 5.95. The summed E-state index contributed by atoms with van der Waals surface area (Å²) in [4.78, 5) is 12.5. The molecule has 3 fully saturated rings. The lowest BCUT2D eigenvalue weighted by molar-refractivity contribution is 0.0903. The van der Waals surface area contributed by atoms with Crippen molar-refractivity contribution in [3.8, 4) is 0 Å². The largest absolute Gasteiger partial charge is 0.360 e. The van der Waals surface area contributed by atoms with Crippen LogP contribution in [0.15, 0.2) is 10.6 Å². The van der Waals surface area contributed by atoms with E-state index in [0.717, 1.165) is 18.6 Å². The zero-order valence-corrected chi connectivity index (χ0v) is 17.2. The first-order valence-corrected chi connectivity index (χ1v) is 11.5. The van der Waals surface area contributed by atoms with E-state index >= 15 is 0 Å². The molecular formula is C18H29N5O4S. The van der Waals surface area contributed by atoms with Crippen molar-refractivity contribution < 1.29 is 17.7 Å². The Morgan fingerprint density at radius 1 is 1.29 bits per heavy atom. The molecule has 1 saturated carbocycles. The minimum absolute atomic E-state index is 0.0722. The molecule has 1 aliphatic carbocycles. The highest BCUT2D eigenvalue weighted by molar-refractivity contribution is 7.86. The zero-order chi connectivity index (χ0) is 19.9. The van der Waals surface area contributed by atoms with Gasteiger partial charge in [0.25, 0.3) is 16.1 Å². The lowest BCUT2D eigenvalue weighted by Gasteiger charge is -2.41. The van der Waals surface area contributed by atoms with Crippen molar-refractivity contribution in [2.45, 2.75) is 63.6 Å². The number of amides is 1. The first-order valence-electron chi connectivity index (χ1n) is 10.1. The summed E-state index contributed by atoms with van der Waals surface area (Å²) in [5, 5.41) is 10.1. The van der Waals surface area contributed by atoms with Gasteiger partial charge in [0.15, 0.2) is 5.69 Å². The maximum Gasteiger partial charge on any atom is 0.282 e. The topological polar surface area (TPSA) is 108 Å². The van der Waals surface area contributed by atoms with Gasteiger partial charge in [-0.05, 0) is 39.5 Å². The number of carbonyl (C=O) groups is 1. The van der Waals surface area contributed by atoms with E-state index in [1.54, 1.807) is 14.7 Å². The maximum atomic E-state index is 13.0. The van der Waals surface area contributed by atoms with Gasteiger partial charge in [-0.15, -0.1) is 0 Å². The molecule has 0 bridgehead atoms. The molecule has 0 unspecified atom stereocenters. The van der Waals surface area contributed by atoms with Crippen LogP contribution in [0, 0.1) is 0 Å². The highest BCUT2D eigenvalue weighted by Crippen LogP contribution is 2.40. The van der Waals surface area contributed by atoms with Crippen LogP contribution < -0.4 is 10.6 Å². The number of piperazine rings is 1. The predicted molar refractivity (Wildman–Crippen MR) is 103 cm³/mol. The summed E-state index contributed by atoms with van der Waals surface area (Å²) in [6.07, 6.45) is 3.35. The zero-order valence-electron chi connectivity index (χ0n) is 16.4. The standard InChI is InChI=1S/C18H29N5O4S/c1-12-11-22(8-6-19-12)28(25,26)23-7-5-15(9-13(23)2)20-18(24)16-10-17(27-21-16)14-3-4-14/h10,12-15,19H,3-9,11H2,1-2H3,(H,20,24)/t12-,13+,15+/m1/s1. The van der Waals surface area contributed by atoms with E-state index in [9.17, 15) is 13.2 Å². The molecule has 0 spiro atoms. The number of hydrogen-bond acceptors (Lipinski definition) is 6. The maximum absolute atomic E-state index is 13.0. The van der Waals surface area contributed by atoms with Crippen LogP contribution in [0.1, 0.15) is 61.7 Å². The fraction of sp³-hybridized carbons (Fsp3) is 0.778. The van der Waals surface area contributed by atoms with Gasteiger partial charge in [0, 0.05) is 56.3 Å². The van der Waals surface area contributed by atoms with E-state index in [4.69, 9.17) is 4.52 Å². The molecule has 2 saturated heterocycles. The lowest BCUT2D eigenvalue weighted by Crippen LogP contribution is -2.59. The van der Waals surface area contributed by atoms with Crippen molar-refractivity contribution in [3.05, 3.63) is 17.5 Å². The Balaban J connectivity index is 1.34. The summed E-state index contributed by atoms with van der Waals surface area (Å²) >= 11 is 0. The van der Waals surface area contributed by atoms with Crippen LogP contribution in [0.2, 0.25) is 0 Å². The molecule has 1 aromatic heterocycles. The molecule has 28 heavy (non-hydrogen) atoms. The second-order valence-corrected chi connectivity index (χ2v) is 10.1. The van der Waals surface area contributed by atoms with Gasteiger partial charge in [-0.2, -0.15) is 17.0 Å². The summed E-state index contributed by atoms with van der Waals surface area (Å²) in [5.41, 5.74) is 0.305. The first kappa shape index (κ1) is 19.8. The van der Waals surface area contributed by atoms with Gasteiger partial charge in [0.05, 0.1) is 0 Å². The Morgan fingerprint density at radius 3 is 2.75 bits per heavy atom. The average molecular weight is 412 g/mol. The molecule has 9 nitrogen and oxygen atoms in total. The normalized spacial score (nSPS) is 30.3. The fourth-order valence-corrected chi connectivity index (χ4v) is 6.00. The summed E-state index contributed by atoms with van der Waals surface area (Å²) < 4.78 is 34.5. The number of carbonyl (C=O) groups excluding carboxylic acids is 1. The third kappa shape index (κ3) is 4.10. The number of nitrogens with one attached hydrogen (secondary N) is 2. The second kappa shape index (κ2) is 7.74. The molecule has 156 valence electrons. The monoisotopic (exact) mass is 411 g/mol. The van der Waals surface area contributed by atoms with Crippen molar-refractivity contribution in [1.29, 1.82) is 0 Å². The van der Waals surface area contributed by atoms with Gasteiger partial charge >= 0.3 is 0 Å². The summed E-state index contributed by atoms with van der Waals surface area (Å²) in [6, 6.07) is 1.63. The molecular weight excluding hydrogens is 382 g/mol. The van der Waals surface area contributed by atoms with E-state index in [0.29, 0.717) is 50.6 Å². The number of piperidine rings is 1. The summed E-state index contributed by atoms with van der Waals surface area (Å²) in [7, 11) is -3.48. The number of nitrogens with zero attached hydrogens (tertiary/aromatic N) is 3. The molecule has 3 atom stereocenters. The molecule has 3 heterocycles. The van der Waals surface area contributed by atoms with Crippen molar-refractivity contribution in [1.82, 2.24) is 24.4 Å². The smallest absolute Gasteiger partial charge is 0.282 e. The van der Waals surface area contributed by atoms with Crippen LogP contribution in [-0.4, -0.2) is 72.4 Å². The Kier molecular flexibility index (Phi) is 5.47. The van der Waals surface area contributed by atoms with Gasteiger partial charge in [0.1, 0.15) is 5.76 Å². The SMILES string of the molecule is C[C@@H]1CN(S(=O)(=O)N2CC[C@H](NC(=O)c3cc(C4CC4)on3)C[C@@H]2C)CCN1. The van der Waals surface area contributed by atoms with E-state index in [-0.39, 0.29) is 24.0 Å². The van der Waals surface area contributed by atoms with Crippen LogP contribution in [0.5, 0.6) is 0 Å². The Labute approximate surface area is 166 Å². The van der Waals surface area contributed by atoms with Gasteiger partial charge in [-0.1, -0.05) is 5.16 Å². The average Bonchev–Trinajstić information content (AvgIpc) is 3.38. The van der Waals surface area contributed by atoms with Gasteiger partial charge in [-0.3, -0.25) is 4.79 Å². The van der Waals surface area contributed by atoms with Crippen molar-refractivity contribution in [2.24, 2.45) is 0 Å². The quantitative estimate of drug-likeness (QED) is 0.738. The third-order valence-electron chi connectivity index (χ3n) is 5.85. The highest BCUT2D eigenvalue weighted by Gasteiger charge is 2.39. The van der Waals surface area contributed by atoms with Crippen LogP contribution in [0.4, 0.5) is 0 Å². The minimum Gasteiger partial charge on any atom is -0.360 e. The fourth-order valence-electron chi connectivity index (χ4n) is 4.10. The molecule has 0 aromatic carbocycles.